The maximum atomic E-state index is 12.0. The lowest BCUT2D eigenvalue weighted by Gasteiger charge is -2.06. The molecule has 0 spiro atoms. The van der Waals surface area contributed by atoms with Crippen LogP contribution in [-0.4, -0.2) is 37.5 Å². The van der Waals surface area contributed by atoms with Crippen molar-refractivity contribution in [3.8, 4) is 0 Å². The number of sulfone groups is 1. The van der Waals surface area contributed by atoms with Gasteiger partial charge in [0, 0.05) is 10.2 Å². The average Bonchev–Trinajstić information content (AvgIpc) is 2.79. The van der Waals surface area contributed by atoms with Crippen LogP contribution < -0.4 is 5.32 Å². The predicted molar refractivity (Wildman–Crippen MR) is 84.5 cm³/mol. The van der Waals surface area contributed by atoms with Crippen molar-refractivity contribution >= 4 is 48.6 Å². The van der Waals surface area contributed by atoms with Crippen molar-refractivity contribution in [1.29, 1.82) is 0 Å². The van der Waals surface area contributed by atoms with Crippen LogP contribution in [0.4, 0.5) is 0 Å². The van der Waals surface area contributed by atoms with E-state index >= 15 is 0 Å². The second kappa shape index (κ2) is 6.73. The van der Waals surface area contributed by atoms with E-state index in [-0.39, 0.29) is 5.75 Å². The summed E-state index contributed by atoms with van der Waals surface area (Å²) in [6, 6.07) is 7.03. The van der Waals surface area contributed by atoms with Crippen LogP contribution in [0.3, 0.4) is 0 Å². The largest absolute Gasteiger partial charge is 0.305 e. The lowest BCUT2D eigenvalue weighted by Crippen LogP contribution is -2.33. The maximum absolute atomic E-state index is 12.0. The lowest BCUT2D eigenvalue weighted by molar-refractivity contribution is -0.117. The Morgan fingerprint density at radius 2 is 2.25 bits per heavy atom. The molecule has 0 aliphatic carbocycles. The van der Waals surface area contributed by atoms with Crippen LogP contribution in [0.2, 0.25) is 0 Å². The van der Waals surface area contributed by atoms with Gasteiger partial charge in [0.1, 0.15) is 5.75 Å². The molecular weight excluding hydrogens is 364 g/mol. The molecule has 0 atom stereocenters. The normalized spacial score (nSPS) is 14.9. The van der Waals surface area contributed by atoms with E-state index in [0.29, 0.717) is 17.3 Å². The maximum Gasteiger partial charge on any atom is 0.241 e. The molecule has 1 aliphatic heterocycles. The van der Waals surface area contributed by atoms with E-state index < -0.39 is 21.5 Å². The molecule has 0 unspecified atom stereocenters. The zero-order valence-electron chi connectivity index (χ0n) is 10.5. The van der Waals surface area contributed by atoms with Crippen molar-refractivity contribution in [2.45, 2.75) is 5.75 Å². The molecule has 0 bridgehead atoms. The van der Waals surface area contributed by atoms with Gasteiger partial charge in [0.05, 0.1) is 12.3 Å². The Hall–Kier alpha value is -0.860. The topological polar surface area (TPSA) is 75.6 Å². The number of nitrogens with zero attached hydrogens (tertiary/aromatic N) is 1. The van der Waals surface area contributed by atoms with Crippen molar-refractivity contribution in [3.63, 3.8) is 0 Å². The number of hydrogen-bond donors (Lipinski definition) is 1. The van der Waals surface area contributed by atoms with Gasteiger partial charge in [0.15, 0.2) is 15.0 Å². The minimum atomic E-state index is -3.49. The summed E-state index contributed by atoms with van der Waals surface area (Å²) in [5, 5.41) is 3.02. The second-order valence-corrected chi connectivity index (χ2v) is 8.31. The van der Waals surface area contributed by atoms with Crippen molar-refractivity contribution < 1.29 is 13.2 Å². The van der Waals surface area contributed by atoms with E-state index in [9.17, 15) is 13.2 Å². The number of carbonyl (C=O) groups excluding carboxylic acids is 1. The molecule has 0 radical (unpaired) electrons. The molecular formula is C12H13BrN2O3S2. The molecule has 20 heavy (non-hydrogen) atoms. The fourth-order valence-electron chi connectivity index (χ4n) is 1.70. The summed E-state index contributed by atoms with van der Waals surface area (Å²) in [5.74, 6) is -0.396. The smallest absolute Gasteiger partial charge is 0.241 e. The highest BCUT2D eigenvalue weighted by Crippen LogP contribution is 2.14. The van der Waals surface area contributed by atoms with Crippen molar-refractivity contribution in [2.24, 2.45) is 4.99 Å². The van der Waals surface area contributed by atoms with E-state index in [1.165, 1.54) is 11.8 Å². The number of benzene rings is 1. The van der Waals surface area contributed by atoms with Gasteiger partial charge < -0.3 is 5.32 Å². The van der Waals surface area contributed by atoms with Crippen LogP contribution in [-0.2, 0) is 20.4 Å². The van der Waals surface area contributed by atoms with E-state index in [0.717, 1.165) is 10.2 Å². The van der Waals surface area contributed by atoms with Gasteiger partial charge >= 0.3 is 0 Å². The molecule has 1 amide bonds. The third-order valence-corrected chi connectivity index (χ3v) is 5.32. The number of aliphatic imine (C=N–C) groups is 1. The fraction of sp³-hybridized carbons (Fsp3) is 0.333. The van der Waals surface area contributed by atoms with E-state index in [1.807, 2.05) is 6.07 Å². The molecule has 0 aromatic heterocycles. The van der Waals surface area contributed by atoms with Crippen molar-refractivity contribution in [3.05, 3.63) is 34.3 Å². The molecule has 0 saturated carbocycles. The highest BCUT2D eigenvalue weighted by Gasteiger charge is 2.19. The van der Waals surface area contributed by atoms with Crippen LogP contribution in [0.5, 0.6) is 0 Å². The summed E-state index contributed by atoms with van der Waals surface area (Å²) in [6.07, 6.45) is 0. The Kier molecular flexibility index (Phi) is 5.22. The number of rotatable bonds is 4. The van der Waals surface area contributed by atoms with Crippen LogP contribution >= 0.6 is 27.7 Å². The number of nitrogens with one attached hydrogen (secondary N) is 1. The first-order chi connectivity index (χ1) is 9.44. The van der Waals surface area contributed by atoms with Gasteiger partial charge in [-0.1, -0.05) is 39.8 Å². The minimum absolute atomic E-state index is 0.153. The first-order valence-electron chi connectivity index (χ1n) is 5.86. The molecule has 2 rings (SSSR count). The SMILES string of the molecule is O=C(CS(=O)(=O)Cc1cccc(Br)c1)NC1=NCCS1. The van der Waals surface area contributed by atoms with Crippen LogP contribution in [0, 0.1) is 0 Å². The summed E-state index contributed by atoms with van der Waals surface area (Å²) in [4.78, 5) is 15.7. The van der Waals surface area contributed by atoms with Gasteiger partial charge in [-0.2, -0.15) is 0 Å². The Balaban J connectivity index is 1.95. The van der Waals surface area contributed by atoms with Crippen LogP contribution in [0.1, 0.15) is 5.56 Å². The van der Waals surface area contributed by atoms with E-state index in [4.69, 9.17) is 0 Å². The molecule has 1 aromatic rings. The summed E-state index contributed by atoms with van der Waals surface area (Å²) in [5.41, 5.74) is 0.653. The van der Waals surface area contributed by atoms with Crippen molar-refractivity contribution in [2.75, 3.05) is 18.1 Å². The molecule has 108 valence electrons. The number of hydrogen-bond acceptors (Lipinski definition) is 5. The summed E-state index contributed by atoms with van der Waals surface area (Å²) in [6.45, 7) is 0.658. The zero-order chi connectivity index (χ0) is 14.6. The summed E-state index contributed by atoms with van der Waals surface area (Å²) >= 11 is 4.71. The molecule has 5 nitrogen and oxygen atoms in total. The first-order valence-corrected chi connectivity index (χ1v) is 9.46. The third kappa shape index (κ3) is 4.92. The quantitative estimate of drug-likeness (QED) is 0.865. The standard InChI is InChI=1S/C12H13BrN2O3S2/c13-10-3-1-2-9(6-10)7-20(17,18)8-11(16)15-12-14-4-5-19-12/h1-3,6H,4-5,7-8H2,(H,14,15,16). The summed E-state index contributed by atoms with van der Waals surface area (Å²) < 4.78 is 24.8. The highest BCUT2D eigenvalue weighted by molar-refractivity contribution is 9.10. The summed E-state index contributed by atoms with van der Waals surface area (Å²) in [7, 11) is -3.49. The van der Waals surface area contributed by atoms with Crippen LogP contribution in [0.15, 0.2) is 33.7 Å². The third-order valence-electron chi connectivity index (χ3n) is 2.46. The number of amidine groups is 1. The molecule has 1 N–H and O–H groups in total. The van der Waals surface area contributed by atoms with E-state index in [2.05, 4.69) is 26.2 Å². The lowest BCUT2D eigenvalue weighted by atomic mass is 10.2. The van der Waals surface area contributed by atoms with Gasteiger partial charge in [-0.15, -0.1) is 0 Å². The number of halogens is 1. The highest BCUT2D eigenvalue weighted by atomic mass is 79.9. The van der Waals surface area contributed by atoms with Gasteiger partial charge in [0.2, 0.25) is 5.91 Å². The second-order valence-electron chi connectivity index (χ2n) is 4.25. The van der Waals surface area contributed by atoms with Gasteiger partial charge in [0.25, 0.3) is 0 Å². The molecule has 8 heteroatoms. The fourth-order valence-corrected chi connectivity index (χ4v) is 4.15. The Labute approximate surface area is 130 Å². The van der Waals surface area contributed by atoms with Gasteiger partial charge in [-0.05, 0) is 17.7 Å². The van der Waals surface area contributed by atoms with Crippen molar-refractivity contribution in [1.82, 2.24) is 5.32 Å². The molecule has 0 saturated heterocycles. The van der Waals surface area contributed by atoms with Gasteiger partial charge in [-0.25, -0.2) is 8.42 Å². The average molecular weight is 377 g/mol. The Morgan fingerprint density at radius 3 is 2.90 bits per heavy atom. The zero-order valence-corrected chi connectivity index (χ0v) is 13.7. The number of amides is 1. The Bertz CT molecular complexity index is 644. The number of thioether (sulfide) groups is 1. The molecule has 1 aromatic carbocycles. The first kappa shape index (κ1) is 15.5. The number of carbonyl (C=O) groups is 1. The molecule has 1 aliphatic rings. The molecule has 0 fully saturated rings. The monoisotopic (exact) mass is 376 g/mol. The predicted octanol–water partition coefficient (Wildman–Crippen LogP) is 1.58. The molecule has 1 heterocycles. The van der Waals surface area contributed by atoms with Gasteiger partial charge in [-0.3, -0.25) is 9.79 Å². The minimum Gasteiger partial charge on any atom is -0.305 e. The van der Waals surface area contributed by atoms with E-state index in [1.54, 1.807) is 18.2 Å². The van der Waals surface area contributed by atoms with Crippen LogP contribution in [0.25, 0.3) is 0 Å². The Morgan fingerprint density at radius 1 is 1.45 bits per heavy atom.